The van der Waals surface area contributed by atoms with Gasteiger partial charge >= 0.3 is 0 Å². The van der Waals surface area contributed by atoms with E-state index in [1.807, 2.05) is 0 Å². The average Bonchev–Trinajstić information content (AvgIpc) is 3.32. The molecule has 0 radical (unpaired) electrons. The Morgan fingerprint density at radius 1 is 1.06 bits per heavy atom. The first kappa shape index (κ1) is 23.3. The number of anilines is 2. The first-order valence-electron chi connectivity index (χ1n) is 9.92. The molecular weight excluding hydrogens is 481 g/mol. The van der Waals surface area contributed by atoms with Crippen LogP contribution in [0, 0.1) is 5.82 Å². The summed E-state index contributed by atoms with van der Waals surface area (Å²) in [6, 6.07) is 13.0. The van der Waals surface area contributed by atoms with Gasteiger partial charge in [-0.2, -0.15) is 5.10 Å². The summed E-state index contributed by atoms with van der Waals surface area (Å²) in [5, 5.41) is 8.78. The highest BCUT2D eigenvalue weighted by molar-refractivity contribution is 7.93. The van der Waals surface area contributed by atoms with Crippen LogP contribution in [0.15, 0.2) is 81.9 Å². The standard InChI is InChI=1S/C22H18FN5O4S2/c1-14(28-20(29)11-10-19(26-28)15-2-4-16(23)5-3-15)21(30)25-17-6-8-18(9-7-17)34(31,32)27-22-24-12-13-33-22/h2-14H,1H3,(H,24,27)(H,25,30)/t14-/m1/s1. The smallest absolute Gasteiger partial charge is 0.267 e. The van der Waals surface area contributed by atoms with Gasteiger partial charge in [-0.1, -0.05) is 0 Å². The zero-order chi connectivity index (χ0) is 24.3. The number of hydrogen-bond donors (Lipinski definition) is 2. The SMILES string of the molecule is C[C@H](C(=O)Nc1ccc(S(=O)(=O)Nc2nccs2)cc1)n1nc(-c2ccc(F)cc2)ccc1=O. The van der Waals surface area contributed by atoms with E-state index >= 15 is 0 Å². The number of rotatable bonds is 7. The van der Waals surface area contributed by atoms with Crippen molar-refractivity contribution in [3.63, 3.8) is 0 Å². The van der Waals surface area contributed by atoms with E-state index in [-0.39, 0.29) is 10.0 Å². The third-order valence-corrected chi connectivity index (χ3v) is 6.97. The maximum absolute atomic E-state index is 13.2. The van der Waals surface area contributed by atoms with Gasteiger partial charge in [0.2, 0.25) is 5.91 Å². The zero-order valence-corrected chi connectivity index (χ0v) is 19.3. The van der Waals surface area contributed by atoms with Crippen LogP contribution in [-0.2, 0) is 14.8 Å². The van der Waals surface area contributed by atoms with Crippen molar-refractivity contribution in [1.29, 1.82) is 0 Å². The molecule has 2 heterocycles. The van der Waals surface area contributed by atoms with Gasteiger partial charge in [0.1, 0.15) is 11.9 Å². The molecule has 9 nitrogen and oxygen atoms in total. The van der Waals surface area contributed by atoms with Crippen molar-refractivity contribution in [3.8, 4) is 11.3 Å². The molecule has 0 unspecified atom stereocenters. The van der Waals surface area contributed by atoms with E-state index in [0.29, 0.717) is 16.9 Å². The second-order valence-corrected chi connectivity index (χ2v) is 9.72. The number of carbonyl (C=O) groups is 1. The number of nitrogens with one attached hydrogen (secondary N) is 2. The van der Waals surface area contributed by atoms with Crippen LogP contribution in [0.2, 0.25) is 0 Å². The number of amides is 1. The molecule has 0 bridgehead atoms. The minimum atomic E-state index is -3.82. The van der Waals surface area contributed by atoms with E-state index in [1.54, 1.807) is 5.38 Å². The van der Waals surface area contributed by atoms with Crippen LogP contribution in [0.1, 0.15) is 13.0 Å². The maximum atomic E-state index is 13.2. The predicted octanol–water partition coefficient (Wildman–Crippen LogP) is 3.51. The summed E-state index contributed by atoms with van der Waals surface area (Å²) in [7, 11) is -3.82. The largest absolute Gasteiger partial charge is 0.324 e. The second-order valence-electron chi connectivity index (χ2n) is 7.14. The summed E-state index contributed by atoms with van der Waals surface area (Å²) in [6.07, 6.45) is 1.48. The number of hydrogen-bond acceptors (Lipinski definition) is 7. The molecule has 0 saturated heterocycles. The van der Waals surface area contributed by atoms with Crippen molar-refractivity contribution in [3.05, 3.63) is 88.4 Å². The lowest BCUT2D eigenvalue weighted by Crippen LogP contribution is -2.33. The molecule has 4 aromatic rings. The number of nitrogens with zero attached hydrogens (tertiary/aromatic N) is 3. The van der Waals surface area contributed by atoms with Gasteiger partial charge in [-0.25, -0.2) is 22.5 Å². The third-order valence-electron chi connectivity index (χ3n) is 4.80. The summed E-state index contributed by atoms with van der Waals surface area (Å²) in [5.74, 6) is -0.926. The minimum absolute atomic E-state index is 0.00127. The monoisotopic (exact) mass is 499 g/mol. The molecule has 2 aromatic heterocycles. The first-order valence-corrected chi connectivity index (χ1v) is 12.3. The molecule has 1 atom stereocenters. The van der Waals surface area contributed by atoms with Crippen LogP contribution in [0.5, 0.6) is 0 Å². The predicted molar refractivity (Wildman–Crippen MR) is 127 cm³/mol. The highest BCUT2D eigenvalue weighted by Gasteiger charge is 2.20. The summed E-state index contributed by atoms with van der Waals surface area (Å²) >= 11 is 1.15. The molecule has 0 aliphatic heterocycles. The van der Waals surface area contributed by atoms with E-state index in [0.717, 1.165) is 16.0 Å². The van der Waals surface area contributed by atoms with E-state index in [1.165, 1.54) is 73.8 Å². The van der Waals surface area contributed by atoms with Crippen molar-refractivity contribution >= 4 is 38.1 Å². The fourth-order valence-electron chi connectivity index (χ4n) is 3.00. The van der Waals surface area contributed by atoms with Gasteiger partial charge in [0.15, 0.2) is 5.13 Å². The molecule has 0 aliphatic carbocycles. The topological polar surface area (TPSA) is 123 Å². The Labute approximate surface area is 198 Å². The molecule has 34 heavy (non-hydrogen) atoms. The molecule has 12 heteroatoms. The number of benzene rings is 2. The third kappa shape index (κ3) is 5.18. The minimum Gasteiger partial charge on any atom is -0.324 e. The Morgan fingerprint density at radius 3 is 2.41 bits per heavy atom. The fraction of sp³-hybridized carbons (Fsp3) is 0.0909. The van der Waals surface area contributed by atoms with Gasteiger partial charge in [-0.15, -0.1) is 11.3 Å². The number of carbonyl (C=O) groups excluding carboxylic acids is 1. The molecule has 174 valence electrons. The van der Waals surface area contributed by atoms with Crippen LogP contribution in [0.4, 0.5) is 15.2 Å². The van der Waals surface area contributed by atoms with Crippen LogP contribution in [-0.4, -0.2) is 29.1 Å². The molecule has 1 amide bonds. The molecule has 0 spiro atoms. The van der Waals surface area contributed by atoms with E-state index < -0.39 is 33.3 Å². The van der Waals surface area contributed by atoms with Crippen LogP contribution < -0.4 is 15.6 Å². The molecule has 0 saturated carbocycles. The van der Waals surface area contributed by atoms with Gasteiger partial charge in [0, 0.05) is 28.9 Å². The van der Waals surface area contributed by atoms with Crippen LogP contribution in [0.3, 0.4) is 0 Å². The Morgan fingerprint density at radius 2 is 1.76 bits per heavy atom. The lowest BCUT2D eigenvalue weighted by molar-refractivity contribution is -0.119. The van der Waals surface area contributed by atoms with Gasteiger partial charge in [0.05, 0.1) is 10.6 Å². The Kier molecular flexibility index (Phi) is 6.52. The van der Waals surface area contributed by atoms with E-state index in [2.05, 4.69) is 20.1 Å². The van der Waals surface area contributed by atoms with Crippen LogP contribution >= 0.6 is 11.3 Å². The number of sulfonamides is 1. The summed E-state index contributed by atoms with van der Waals surface area (Å²) < 4.78 is 41.5. The first-order chi connectivity index (χ1) is 16.2. The lowest BCUT2D eigenvalue weighted by Gasteiger charge is -2.15. The fourth-order valence-corrected chi connectivity index (χ4v) is 4.79. The molecule has 2 aromatic carbocycles. The highest BCUT2D eigenvalue weighted by Crippen LogP contribution is 2.21. The van der Waals surface area contributed by atoms with Gasteiger partial charge in [-0.3, -0.25) is 14.3 Å². The lowest BCUT2D eigenvalue weighted by atomic mass is 10.1. The zero-order valence-electron chi connectivity index (χ0n) is 17.7. The highest BCUT2D eigenvalue weighted by atomic mass is 32.2. The maximum Gasteiger partial charge on any atom is 0.267 e. The quantitative estimate of drug-likeness (QED) is 0.401. The summed E-state index contributed by atoms with van der Waals surface area (Å²) in [4.78, 5) is 29.0. The summed E-state index contributed by atoms with van der Waals surface area (Å²) in [5.41, 5.74) is 0.850. The van der Waals surface area contributed by atoms with Crippen molar-refractivity contribution in [2.24, 2.45) is 0 Å². The van der Waals surface area contributed by atoms with Gasteiger partial charge in [0.25, 0.3) is 15.6 Å². The summed E-state index contributed by atoms with van der Waals surface area (Å²) in [6.45, 7) is 1.51. The van der Waals surface area contributed by atoms with E-state index in [9.17, 15) is 22.4 Å². The molecule has 2 N–H and O–H groups in total. The Bertz CT molecular complexity index is 1470. The van der Waals surface area contributed by atoms with Gasteiger partial charge in [-0.05, 0) is 61.5 Å². The van der Waals surface area contributed by atoms with Crippen LogP contribution in [0.25, 0.3) is 11.3 Å². The number of thiazole rings is 1. The van der Waals surface area contributed by atoms with E-state index in [4.69, 9.17) is 0 Å². The molecular formula is C22H18FN5O4S2. The van der Waals surface area contributed by atoms with Crippen molar-refractivity contribution in [2.45, 2.75) is 17.9 Å². The number of halogens is 1. The second kappa shape index (κ2) is 9.53. The number of aromatic nitrogens is 3. The molecule has 4 rings (SSSR count). The average molecular weight is 500 g/mol. The Hall–Kier alpha value is -3.90. The van der Waals surface area contributed by atoms with Crippen molar-refractivity contribution in [2.75, 3.05) is 10.0 Å². The van der Waals surface area contributed by atoms with Crippen molar-refractivity contribution < 1.29 is 17.6 Å². The molecule has 0 fully saturated rings. The molecule has 0 aliphatic rings. The van der Waals surface area contributed by atoms with Crippen molar-refractivity contribution in [1.82, 2.24) is 14.8 Å². The van der Waals surface area contributed by atoms with Gasteiger partial charge < -0.3 is 5.32 Å². The normalized spacial score (nSPS) is 12.2. The Balaban J connectivity index is 1.49.